The minimum Gasteiger partial charge on any atom is -0.496 e. The van der Waals surface area contributed by atoms with E-state index < -0.39 is 54.1 Å². The number of benzene rings is 4. The summed E-state index contributed by atoms with van der Waals surface area (Å²) in [6.07, 6.45) is -8.81. The van der Waals surface area contributed by atoms with Crippen molar-refractivity contribution in [2.24, 2.45) is 20.6 Å². The Morgan fingerprint density at radius 3 is 1.40 bits per heavy atom. The molecule has 274 valence electrons. The van der Waals surface area contributed by atoms with Crippen LogP contribution in [-0.4, -0.2) is 32.4 Å². The van der Waals surface area contributed by atoms with Crippen molar-refractivity contribution < 1.29 is 56.3 Å². The van der Waals surface area contributed by atoms with Crippen molar-refractivity contribution in [3.63, 3.8) is 0 Å². The van der Waals surface area contributed by atoms with Crippen LogP contribution in [0.15, 0.2) is 84.9 Å². The third-order valence-corrected chi connectivity index (χ3v) is 7.09. The Labute approximate surface area is 287 Å². The van der Waals surface area contributed by atoms with Crippen LogP contribution >= 0.6 is 11.6 Å². The van der Waals surface area contributed by atoms with Crippen molar-refractivity contribution in [1.82, 2.24) is 0 Å². The molecule has 0 aromatic heterocycles. The summed E-state index contributed by atoms with van der Waals surface area (Å²) >= 11 is 5.93. The second-order valence-electron chi connectivity index (χ2n) is 9.64. The summed E-state index contributed by atoms with van der Waals surface area (Å²) in [5, 5.41) is 18.0. The van der Waals surface area contributed by atoms with E-state index >= 15 is 0 Å². The molecule has 0 atom stereocenters. The number of methoxy groups -OCH3 is 1. The molecule has 0 heterocycles. The van der Waals surface area contributed by atoms with Gasteiger partial charge in [-0.3, -0.25) is 9.44 Å². The Kier molecular flexibility index (Phi) is 13.6. The van der Waals surface area contributed by atoms with Crippen LogP contribution in [0, 0.1) is 0 Å². The minimum atomic E-state index is -4.41. The molecule has 0 bridgehead atoms. The highest BCUT2D eigenvalue weighted by atomic mass is 35.5. The number of nitrogens with two attached hydrogens (primary N) is 4. The molecule has 0 aliphatic heterocycles. The molecule has 0 aliphatic carbocycles. The Hall–Kier alpha value is -4.16. The number of alkyl halides is 6. The summed E-state index contributed by atoms with van der Waals surface area (Å²) in [4.78, 5) is 0. The van der Waals surface area contributed by atoms with Gasteiger partial charge in [-0.25, -0.2) is 20.6 Å². The van der Waals surface area contributed by atoms with Gasteiger partial charge < -0.3 is 4.74 Å². The predicted octanol–water partition coefficient (Wildman–Crippen LogP) is 4.79. The van der Waals surface area contributed by atoms with E-state index in [-0.39, 0.29) is 16.4 Å². The Balaban J connectivity index is 0.000000306. The minimum absolute atomic E-state index is 0.0754. The summed E-state index contributed by atoms with van der Waals surface area (Å²) in [5.41, 5.74) is 0.816. The van der Waals surface area contributed by atoms with E-state index in [9.17, 15) is 51.6 Å². The molecule has 50 heavy (non-hydrogen) atoms. The van der Waals surface area contributed by atoms with E-state index in [1.807, 2.05) is 4.72 Å². The number of anilines is 2. The summed E-state index contributed by atoms with van der Waals surface area (Å²) < 4.78 is 147. The van der Waals surface area contributed by atoms with Crippen molar-refractivity contribution in [2.45, 2.75) is 12.4 Å². The maximum Gasteiger partial charge on any atom is 0.416 e. The molecule has 4 aromatic rings. The van der Waals surface area contributed by atoms with Gasteiger partial charge in [0.05, 0.1) is 34.6 Å². The van der Waals surface area contributed by atoms with Gasteiger partial charge in [0, 0.05) is 11.6 Å². The molecule has 13 nitrogen and oxygen atoms in total. The molecular weight excluding hydrogens is 766 g/mol. The summed E-state index contributed by atoms with van der Waals surface area (Å²) in [5.74, 6) is 0.290. The predicted molar refractivity (Wildman–Crippen MR) is 176 cm³/mol. The number of hydrogen-bond acceptors (Lipinski definition) is 7. The van der Waals surface area contributed by atoms with E-state index in [0.29, 0.717) is 28.0 Å². The second-order valence-corrected chi connectivity index (χ2v) is 13.8. The van der Waals surface area contributed by atoms with E-state index in [1.54, 1.807) is 0 Å². The highest BCUT2D eigenvalue weighted by Crippen LogP contribution is 2.36. The second kappa shape index (κ2) is 16.2. The zero-order chi connectivity index (χ0) is 38.3. The third-order valence-electron chi connectivity index (χ3n) is 5.75. The molecule has 0 radical (unpaired) electrons. The van der Waals surface area contributed by atoms with Crippen LogP contribution in [0.4, 0.5) is 37.7 Å². The van der Waals surface area contributed by atoms with Crippen LogP contribution in [-0.2, 0) is 43.0 Å². The van der Waals surface area contributed by atoms with Gasteiger partial charge in [-0.2, -0.15) is 51.6 Å². The summed E-state index contributed by atoms with van der Waals surface area (Å²) in [6, 6.07) is 17.7. The largest absolute Gasteiger partial charge is 0.496 e. The molecule has 0 saturated carbocycles. The van der Waals surface area contributed by atoms with Crippen molar-refractivity contribution in [2.75, 3.05) is 16.6 Å². The van der Waals surface area contributed by atoms with Crippen LogP contribution in [0.25, 0.3) is 22.3 Å². The fraction of sp³-hybridized carbons (Fsp3) is 0.111. The van der Waals surface area contributed by atoms with Crippen molar-refractivity contribution in [1.29, 1.82) is 0 Å². The van der Waals surface area contributed by atoms with Gasteiger partial charge in [0.15, 0.2) is 0 Å². The fourth-order valence-corrected chi connectivity index (χ4v) is 5.00. The van der Waals surface area contributed by atoms with Gasteiger partial charge in [0.2, 0.25) is 0 Å². The first-order chi connectivity index (χ1) is 22.7. The van der Waals surface area contributed by atoms with E-state index in [1.165, 1.54) is 67.8 Å². The first-order valence-corrected chi connectivity index (χ1v) is 18.0. The number of rotatable bonds is 7. The van der Waals surface area contributed by atoms with E-state index in [2.05, 4.69) is 15.0 Å². The van der Waals surface area contributed by atoms with E-state index in [0.717, 1.165) is 24.3 Å². The lowest BCUT2D eigenvalue weighted by molar-refractivity contribution is -0.138. The van der Waals surface area contributed by atoms with Gasteiger partial charge in [-0.1, -0.05) is 41.9 Å². The van der Waals surface area contributed by atoms with Crippen LogP contribution in [0.2, 0.25) is 5.02 Å². The zero-order valence-electron chi connectivity index (χ0n) is 25.1. The fourth-order valence-electron chi connectivity index (χ4n) is 3.78. The third kappa shape index (κ3) is 14.8. The van der Waals surface area contributed by atoms with Crippen LogP contribution in [0.1, 0.15) is 11.1 Å². The first kappa shape index (κ1) is 42.0. The molecule has 0 spiro atoms. The maximum absolute atomic E-state index is 12.6. The summed E-state index contributed by atoms with van der Waals surface area (Å²) in [6.45, 7) is 0. The van der Waals surface area contributed by atoms with Crippen molar-refractivity contribution in [3.05, 3.63) is 101 Å². The molecule has 0 fully saturated rings. The normalized spacial score (nSPS) is 12.1. The monoisotopic (exact) mass is 792 g/mol. The molecule has 10 N–H and O–H groups in total. The number of hydrogen-bond donors (Lipinski definition) is 6. The quantitative estimate of drug-likeness (QED) is 0.143. The lowest BCUT2D eigenvalue weighted by atomic mass is 10.0. The van der Waals surface area contributed by atoms with Gasteiger partial charge in [0.1, 0.15) is 5.75 Å². The number of ether oxygens (including phenoxy) is 1. The van der Waals surface area contributed by atoms with Crippen molar-refractivity contribution in [3.8, 4) is 28.0 Å². The van der Waals surface area contributed by atoms with Crippen molar-refractivity contribution >= 4 is 53.6 Å². The van der Waals surface area contributed by atoms with Crippen LogP contribution < -0.4 is 34.7 Å². The summed E-state index contributed by atoms with van der Waals surface area (Å²) in [7, 11) is -10.2. The Morgan fingerprint density at radius 2 is 1.02 bits per heavy atom. The standard InChI is InChI=1S/C14H13F3N2O3S.C13H10ClF3N2O2S.H4N2O2S/c1-22-13-8-11(19-23(18,20)21)6-7-12(13)9-2-4-10(5-3-9)14(15,16)17;14-11-7-9(3-6-12(11)19-22(18,20)21)8-1-4-10(5-2-8)13(15,16)17;1-5(2,3)4/h2-8,19H,1H3,(H2,18,20,21);1-7,19H,(H2,18,20,21);(H4,1,2,3,4). The van der Waals surface area contributed by atoms with Gasteiger partial charge in [-0.15, -0.1) is 0 Å². The molecule has 0 saturated heterocycles. The van der Waals surface area contributed by atoms with Gasteiger partial charge in [-0.05, 0) is 65.2 Å². The molecule has 0 aliphatic rings. The SMILES string of the molecule is COc1cc(NS(N)(=O)=O)ccc1-c1ccc(C(F)(F)F)cc1.NS(=O)(=O)Nc1ccc(-c2ccc(C(F)(F)F)cc2)cc1Cl.NS(N)(=O)=O. The van der Waals surface area contributed by atoms with E-state index in [4.69, 9.17) is 26.6 Å². The highest BCUT2D eigenvalue weighted by Gasteiger charge is 2.31. The average molecular weight is 793 g/mol. The smallest absolute Gasteiger partial charge is 0.416 e. The topological polar surface area (TPSA) is 240 Å². The molecule has 0 amide bonds. The maximum atomic E-state index is 12.6. The zero-order valence-corrected chi connectivity index (χ0v) is 28.3. The van der Waals surface area contributed by atoms with Crippen LogP contribution in [0.3, 0.4) is 0 Å². The molecule has 4 aromatic carbocycles. The number of halogens is 7. The average Bonchev–Trinajstić information content (AvgIpc) is 2.95. The number of nitrogens with one attached hydrogen (secondary N) is 2. The Morgan fingerprint density at radius 1 is 0.600 bits per heavy atom. The lowest BCUT2D eigenvalue weighted by Crippen LogP contribution is -2.21. The lowest BCUT2D eigenvalue weighted by Gasteiger charge is -2.12. The first-order valence-electron chi connectivity index (χ1n) is 12.9. The molecular formula is C27H27ClF6N6O7S3. The Bertz CT molecular complexity index is 2110. The van der Waals surface area contributed by atoms with Gasteiger partial charge in [0.25, 0.3) is 30.6 Å². The molecule has 0 unspecified atom stereocenters. The van der Waals surface area contributed by atoms with Gasteiger partial charge >= 0.3 is 12.4 Å². The molecule has 23 heteroatoms. The van der Waals surface area contributed by atoms with Crippen LogP contribution in [0.5, 0.6) is 5.75 Å². The highest BCUT2D eigenvalue weighted by molar-refractivity contribution is 7.90. The molecule has 4 rings (SSSR count).